The Morgan fingerprint density at radius 2 is 1.60 bits per heavy atom. The predicted octanol–water partition coefficient (Wildman–Crippen LogP) is 5.38. The Labute approximate surface area is 179 Å². The molecule has 1 amide bonds. The first kappa shape index (κ1) is 20.0. The summed E-state index contributed by atoms with van der Waals surface area (Å²) in [5.74, 6) is 1.23. The number of nitrogens with zero attached hydrogens (tertiary/aromatic N) is 3. The lowest BCUT2D eigenvalue weighted by atomic mass is 9.88. The summed E-state index contributed by atoms with van der Waals surface area (Å²) in [5, 5.41) is 0. The molecule has 0 spiro atoms. The molecule has 0 radical (unpaired) electrons. The maximum absolute atomic E-state index is 13.9. The maximum Gasteiger partial charge on any atom is 0.243 e. The highest BCUT2D eigenvalue weighted by Gasteiger charge is 2.34. The fraction of sp³-hybridized carbons (Fsp3) is 0.680. The lowest BCUT2D eigenvalue weighted by Crippen LogP contribution is -2.50. The van der Waals surface area contributed by atoms with Gasteiger partial charge in [0.1, 0.15) is 18.5 Å². The quantitative estimate of drug-likeness (QED) is 0.666. The number of imidazole rings is 1. The summed E-state index contributed by atoms with van der Waals surface area (Å²) in [6.07, 6.45) is 14.4. The lowest BCUT2D eigenvalue weighted by molar-refractivity contribution is -0.138. The molecule has 1 aromatic carbocycles. The predicted molar refractivity (Wildman–Crippen MR) is 118 cm³/mol. The number of hydrogen-bond acceptors (Lipinski definition) is 3. The molecule has 2 aliphatic carbocycles. The molecule has 30 heavy (non-hydrogen) atoms. The Bertz CT molecular complexity index is 840. The van der Waals surface area contributed by atoms with Crippen LogP contribution in [0.25, 0.3) is 11.0 Å². The summed E-state index contributed by atoms with van der Waals surface area (Å²) >= 11 is 0. The average Bonchev–Trinajstić information content (AvgIpc) is 3.44. The van der Waals surface area contributed by atoms with Crippen LogP contribution >= 0.6 is 0 Å². The third-order valence-electron chi connectivity index (χ3n) is 7.42. The van der Waals surface area contributed by atoms with E-state index in [1.54, 1.807) is 0 Å². The van der Waals surface area contributed by atoms with Crippen LogP contribution in [-0.2, 0) is 16.1 Å². The molecule has 0 N–H and O–H groups in total. The van der Waals surface area contributed by atoms with Gasteiger partial charge < -0.3 is 14.2 Å². The van der Waals surface area contributed by atoms with Crippen LogP contribution in [0.3, 0.4) is 0 Å². The fourth-order valence-corrected chi connectivity index (χ4v) is 5.93. The second-order valence-electron chi connectivity index (χ2n) is 9.43. The number of ether oxygens (including phenoxy) is 1. The van der Waals surface area contributed by atoms with Crippen molar-refractivity contribution in [1.29, 1.82) is 0 Å². The minimum Gasteiger partial charge on any atom is -0.370 e. The number of carbonyl (C=O) groups is 1. The first-order valence-corrected chi connectivity index (χ1v) is 12.2. The van der Waals surface area contributed by atoms with Crippen molar-refractivity contribution < 1.29 is 9.53 Å². The van der Waals surface area contributed by atoms with Crippen LogP contribution in [0.1, 0.15) is 89.0 Å². The minimum atomic E-state index is 0.0167. The van der Waals surface area contributed by atoms with Gasteiger partial charge in [0.15, 0.2) is 0 Å². The highest BCUT2D eigenvalue weighted by Crippen LogP contribution is 2.33. The molecule has 3 aliphatic rings. The maximum atomic E-state index is 13.9. The molecule has 5 nitrogen and oxygen atoms in total. The van der Waals surface area contributed by atoms with E-state index in [1.165, 1.54) is 64.2 Å². The fourth-order valence-electron chi connectivity index (χ4n) is 5.93. The zero-order chi connectivity index (χ0) is 20.3. The van der Waals surface area contributed by atoms with Crippen molar-refractivity contribution in [1.82, 2.24) is 14.5 Å². The molecule has 5 heteroatoms. The number of fused-ring (bicyclic) bond motifs is 1. The Morgan fingerprint density at radius 3 is 2.23 bits per heavy atom. The summed E-state index contributed by atoms with van der Waals surface area (Å²) in [6.45, 7) is 1.18. The summed E-state index contributed by atoms with van der Waals surface area (Å²) in [4.78, 5) is 21.1. The third kappa shape index (κ3) is 4.01. The summed E-state index contributed by atoms with van der Waals surface area (Å²) in [7, 11) is 0. The Balaban J connectivity index is 1.45. The number of benzene rings is 1. The van der Waals surface area contributed by atoms with Gasteiger partial charge in [0.05, 0.1) is 11.0 Å². The first-order chi connectivity index (χ1) is 14.8. The van der Waals surface area contributed by atoms with Gasteiger partial charge >= 0.3 is 0 Å². The van der Waals surface area contributed by atoms with Crippen molar-refractivity contribution in [2.75, 3.05) is 6.61 Å². The minimum absolute atomic E-state index is 0.0167. The average molecular weight is 410 g/mol. The van der Waals surface area contributed by atoms with E-state index in [0.717, 1.165) is 36.3 Å². The smallest absolute Gasteiger partial charge is 0.243 e. The summed E-state index contributed by atoms with van der Waals surface area (Å²) in [5.41, 5.74) is 2.03. The molecule has 0 bridgehead atoms. The van der Waals surface area contributed by atoms with E-state index >= 15 is 0 Å². The molecule has 1 atom stereocenters. The van der Waals surface area contributed by atoms with Gasteiger partial charge in [-0.05, 0) is 50.7 Å². The van der Waals surface area contributed by atoms with Gasteiger partial charge in [-0.15, -0.1) is 0 Å². The van der Waals surface area contributed by atoms with Crippen LogP contribution in [0.5, 0.6) is 0 Å². The van der Waals surface area contributed by atoms with Crippen molar-refractivity contribution in [3.8, 4) is 0 Å². The highest BCUT2D eigenvalue weighted by atomic mass is 16.5. The van der Waals surface area contributed by atoms with E-state index < -0.39 is 0 Å². The molecule has 2 saturated carbocycles. The molecule has 1 aromatic heterocycles. The Kier molecular flexibility index (Phi) is 6.07. The normalized spacial score (nSPS) is 23.8. The van der Waals surface area contributed by atoms with Gasteiger partial charge in [-0.1, -0.05) is 50.7 Å². The van der Waals surface area contributed by atoms with Crippen molar-refractivity contribution in [3.63, 3.8) is 0 Å². The SMILES string of the molecule is O=C(Cn1c(C2CCCO2)nc2ccccc21)N(C1CCCCC1)C1CCCCC1. The second kappa shape index (κ2) is 9.09. The van der Waals surface area contributed by atoms with E-state index in [4.69, 9.17) is 9.72 Å². The van der Waals surface area contributed by atoms with Crippen LogP contribution in [0.2, 0.25) is 0 Å². The number of para-hydroxylation sites is 2. The first-order valence-electron chi connectivity index (χ1n) is 12.2. The second-order valence-corrected chi connectivity index (χ2v) is 9.43. The molecule has 1 saturated heterocycles. The molecular formula is C25H35N3O2. The summed E-state index contributed by atoms with van der Waals surface area (Å²) in [6, 6.07) is 9.07. The van der Waals surface area contributed by atoms with Gasteiger partial charge in [-0.2, -0.15) is 0 Å². The molecule has 5 rings (SSSR count). The van der Waals surface area contributed by atoms with Crippen LogP contribution in [-0.4, -0.2) is 39.0 Å². The lowest BCUT2D eigenvalue weighted by Gasteiger charge is -2.42. The zero-order valence-electron chi connectivity index (χ0n) is 18.1. The standard InChI is InChI=1S/C25H35N3O2/c29-24(28(19-10-3-1-4-11-19)20-12-5-2-6-13-20)18-27-22-15-8-7-14-21(22)26-25(27)23-16-9-17-30-23/h7-8,14-15,19-20,23H,1-6,9-13,16-18H2. The van der Waals surface area contributed by atoms with E-state index in [9.17, 15) is 4.79 Å². The Morgan fingerprint density at radius 1 is 0.933 bits per heavy atom. The van der Waals surface area contributed by atoms with E-state index in [0.29, 0.717) is 18.6 Å². The molecule has 2 heterocycles. The number of hydrogen-bond donors (Lipinski definition) is 0. The van der Waals surface area contributed by atoms with Crippen molar-refractivity contribution in [3.05, 3.63) is 30.1 Å². The van der Waals surface area contributed by atoms with Gasteiger partial charge in [-0.3, -0.25) is 4.79 Å². The number of aromatic nitrogens is 2. The number of amides is 1. The molecule has 3 fully saturated rings. The molecule has 2 aromatic rings. The van der Waals surface area contributed by atoms with Crippen molar-refractivity contribution >= 4 is 16.9 Å². The van der Waals surface area contributed by atoms with E-state index in [2.05, 4.69) is 21.6 Å². The van der Waals surface area contributed by atoms with Crippen LogP contribution < -0.4 is 0 Å². The van der Waals surface area contributed by atoms with Gasteiger partial charge in [0.2, 0.25) is 5.91 Å². The summed E-state index contributed by atoms with van der Waals surface area (Å²) < 4.78 is 8.13. The molecule has 1 aliphatic heterocycles. The highest BCUT2D eigenvalue weighted by molar-refractivity contribution is 5.81. The topological polar surface area (TPSA) is 47.4 Å². The Hall–Kier alpha value is -1.88. The van der Waals surface area contributed by atoms with Crippen LogP contribution in [0.4, 0.5) is 0 Å². The molecule has 1 unspecified atom stereocenters. The third-order valence-corrected chi connectivity index (χ3v) is 7.42. The monoisotopic (exact) mass is 409 g/mol. The van der Waals surface area contributed by atoms with Gasteiger partial charge in [0, 0.05) is 18.7 Å². The van der Waals surface area contributed by atoms with Crippen molar-refractivity contribution in [2.24, 2.45) is 0 Å². The zero-order valence-corrected chi connectivity index (χ0v) is 18.1. The van der Waals surface area contributed by atoms with Gasteiger partial charge in [-0.25, -0.2) is 4.98 Å². The molecule has 162 valence electrons. The van der Waals surface area contributed by atoms with Crippen molar-refractivity contribution in [2.45, 2.75) is 102 Å². The largest absolute Gasteiger partial charge is 0.370 e. The van der Waals surface area contributed by atoms with E-state index in [1.807, 2.05) is 12.1 Å². The van der Waals surface area contributed by atoms with Gasteiger partial charge in [0.25, 0.3) is 0 Å². The molecular weight excluding hydrogens is 374 g/mol. The number of carbonyl (C=O) groups excluding carboxylic acids is 1. The van der Waals surface area contributed by atoms with Crippen LogP contribution in [0, 0.1) is 0 Å². The van der Waals surface area contributed by atoms with Crippen LogP contribution in [0.15, 0.2) is 24.3 Å². The number of rotatable bonds is 5. The van der Waals surface area contributed by atoms with E-state index in [-0.39, 0.29) is 12.0 Å².